The van der Waals surface area contributed by atoms with Gasteiger partial charge in [-0.05, 0) is 69.6 Å². The molecule has 1 aromatic rings. The minimum atomic E-state index is -0.462. The van der Waals surface area contributed by atoms with Crippen molar-refractivity contribution in [3.05, 3.63) is 108 Å². The van der Waals surface area contributed by atoms with Crippen LogP contribution in [0, 0.1) is 23.7 Å². The predicted molar refractivity (Wildman–Crippen MR) is 143 cm³/mol. The highest BCUT2D eigenvalue weighted by Crippen LogP contribution is 2.62. The number of carbonyl (C=O) groups is 2. The molecule has 3 aliphatic rings. The molecule has 0 heterocycles. The van der Waals surface area contributed by atoms with Crippen molar-refractivity contribution < 1.29 is 19.1 Å². The first-order chi connectivity index (χ1) is 17.3. The molecule has 2 saturated carbocycles. The molecule has 0 radical (unpaired) electrons. The monoisotopic (exact) mass is 484 g/mol. The van der Waals surface area contributed by atoms with Crippen molar-refractivity contribution in [2.45, 2.75) is 52.2 Å². The molecule has 0 aliphatic heterocycles. The highest BCUT2D eigenvalue weighted by molar-refractivity contribution is 5.90. The van der Waals surface area contributed by atoms with E-state index in [-0.39, 0.29) is 23.8 Å². The van der Waals surface area contributed by atoms with Crippen LogP contribution >= 0.6 is 0 Å². The van der Waals surface area contributed by atoms with Gasteiger partial charge >= 0.3 is 11.9 Å². The van der Waals surface area contributed by atoms with E-state index >= 15 is 0 Å². The van der Waals surface area contributed by atoms with Crippen molar-refractivity contribution in [3.63, 3.8) is 0 Å². The second-order valence-corrected chi connectivity index (χ2v) is 10.2. The topological polar surface area (TPSA) is 52.6 Å². The van der Waals surface area contributed by atoms with Crippen molar-refractivity contribution in [1.29, 1.82) is 0 Å². The second-order valence-electron chi connectivity index (χ2n) is 10.2. The summed E-state index contributed by atoms with van der Waals surface area (Å²) in [6, 6.07) is 9.02. The van der Waals surface area contributed by atoms with E-state index in [9.17, 15) is 9.59 Å². The van der Waals surface area contributed by atoms with Gasteiger partial charge in [0.2, 0.25) is 0 Å². The third kappa shape index (κ3) is 5.09. The summed E-state index contributed by atoms with van der Waals surface area (Å²) in [6.07, 6.45) is 13.1. The summed E-state index contributed by atoms with van der Waals surface area (Å²) in [5.41, 5.74) is 4.86. The molecule has 4 heteroatoms. The van der Waals surface area contributed by atoms with E-state index in [1.165, 1.54) is 11.1 Å². The highest BCUT2D eigenvalue weighted by atomic mass is 16.6. The molecule has 0 spiro atoms. The van der Waals surface area contributed by atoms with E-state index in [1.807, 2.05) is 36.4 Å². The quantitative estimate of drug-likeness (QED) is 0.165. The Bertz CT molecular complexity index is 1150. The Hall–Kier alpha value is -3.40. The molecule has 4 rings (SSSR count). The Morgan fingerprint density at radius 3 is 2.44 bits per heavy atom. The molecule has 0 saturated heterocycles. The SMILES string of the molecule is C=CC/C=C\C=C(/C)C(=O)OC1C2CC(C3CC(/C=C(/C)C=C)=C(C)C32)C1OC(=O)c1ccccc1. The van der Waals surface area contributed by atoms with Gasteiger partial charge in [-0.25, -0.2) is 9.59 Å². The Kier molecular flexibility index (Phi) is 7.93. The molecule has 6 unspecified atom stereocenters. The maximum atomic E-state index is 13.0. The fourth-order valence-corrected chi connectivity index (χ4v) is 6.23. The first-order valence-corrected chi connectivity index (χ1v) is 12.8. The van der Waals surface area contributed by atoms with E-state index in [4.69, 9.17) is 9.47 Å². The number of hydrogen-bond donors (Lipinski definition) is 0. The van der Waals surface area contributed by atoms with Crippen molar-refractivity contribution in [2.24, 2.45) is 23.7 Å². The molecule has 4 nitrogen and oxygen atoms in total. The van der Waals surface area contributed by atoms with E-state index in [2.05, 4.69) is 33.1 Å². The molecule has 1 aromatic carbocycles. The van der Waals surface area contributed by atoms with Gasteiger partial charge in [-0.3, -0.25) is 0 Å². The van der Waals surface area contributed by atoms with Crippen molar-refractivity contribution in [1.82, 2.24) is 0 Å². The van der Waals surface area contributed by atoms with Gasteiger partial charge in [0.05, 0.1) is 5.56 Å². The van der Waals surface area contributed by atoms with Crippen molar-refractivity contribution >= 4 is 11.9 Å². The number of hydrogen-bond acceptors (Lipinski definition) is 4. The fraction of sp³-hybridized carbons (Fsp3) is 0.375. The molecular formula is C32H36O4. The first kappa shape index (κ1) is 25.7. The Morgan fingerprint density at radius 2 is 1.75 bits per heavy atom. The predicted octanol–water partition coefficient (Wildman–Crippen LogP) is 6.94. The van der Waals surface area contributed by atoms with Crippen molar-refractivity contribution in [2.75, 3.05) is 0 Å². The van der Waals surface area contributed by atoms with E-state index in [0.29, 0.717) is 23.0 Å². The maximum absolute atomic E-state index is 13.0. The Labute approximate surface area is 214 Å². The van der Waals surface area contributed by atoms with Crippen LogP contribution in [0.15, 0.2) is 102 Å². The summed E-state index contributed by atoms with van der Waals surface area (Å²) in [5.74, 6) is 0.288. The Balaban J connectivity index is 1.60. The van der Waals surface area contributed by atoms with Gasteiger partial charge in [-0.2, -0.15) is 0 Å². The minimum Gasteiger partial charge on any atom is -0.455 e. The lowest BCUT2D eigenvalue weighted by molar-refractivity contribution is -0.157. The van der Waals surface area contributed by atoms with Crippen LogP contribution in [0.2, 0.25) is 0 Å². The molecule has 188 valence electrons. The molecule has 36 heavy (non-hydrogen) atoms. The summed E-state index contributed by atoms with van der Waals surface area (Å²) < 4.78 is 12.2. The van der Waals surface area contributed by atoms with Crippen molar-refractivity contribution in [3.8, 4) is 0 Å². The van der Waals surface area contributed by atoms with Crippen LogP contribution in [-0.4, -0.2) is 24.1 Å². The first-order valence-electron chi connectivity index (χ1n) is 12.8. The van der Waals surface area contributed by atoms with E-state index in [1.54, 1.807) is 31.2 Å². The number of benzene rings is 1. The smallest absolute Gasteiger partial charge is 0.338 e. The average molecular weight is 485 g/mol. The third-order valence-corrected chi connectivity index (χ3v) is 7.97. The van der Waals surface area contributed by atoms with Crippen LogP contribution in [0.3, 0.4) is 0 Å². The van der Waals surface area contributed by atoms with Crippen LogP contribution in [0.5, 0.6) is 0 Å². The normalized spacial score (nSPS) is 29.4. The molecule has 0 amide bonds. The molecular weight excluding hydrogens is 448 g/mol. The van der Waals surface area contributed by atoms with Gasteiger partial charge in [0.25, 0.3) is 0 Å². The van der Waals surface area contributed by atoms with Gasteiger partial charge < -0.3 is 9.47 Å². The zero-order chi connectivity index (χ0) is 25.8. The molecule has 6 atom stereocenters. The number of rotatable bonds is 9. The maximum Gasteiger partial charge on any atom is 0.338 e. The number of fused-ring (bicyclic) bond motifs is 5. The van der Waals surface area contributed by atoms with Gasteiger partial charge in [0.1, 0.15) is 12.2 Å². The van der Waals surface area contributed by atoms with Crippen LogP contribution in [0.1, 0.15) is 50.4 Å². The largest absolute Gasteiger partial charge is 0.455 e. The lowest BCUT2D eigenvalue weighted by Gasteiger charge is -2.38. The lowest BCUT2D eigenvalue weighted by atomic mass is 9.76. The third-order valence-electron chi connectivity index (χ3n) is 7.97. The zero-order valence-electron chi connectivity index (χ0n) is 21.5. The molecule has 0 N–H and O–H groups in total. The number of carbonyl (C=O) groups excluding carboxylic acids is 2. The van der Waals surface area contributed by atoms with Gasteiger partial charge in [0.15, 0.2) is 0 Å². The average Bonchev–Trinajstić information content (AvgIpc) is 3.52. The number of esters is 2. The molecule has 2 bridgehead atoms. The van der Waals surface area contributed by atoms with Gasteiger partial charge in [0, 0.05) is 17.4 Å². The highest BCUT2D eigenvalue weighted by Gasteiger charge is 2.63. The second kappa shape index (κ2) is 11.1. The van der Waals surface area contributed by atoms with Crippen LogP contribution in [-0.2, 0) is 14.3 Å². The fourth-order valence-electron chi connectivity index (χ4n) is 6.23. The Morgan fingerprint density at radius 1 is 1.03 bits per heavy atom. The molecule has 0 aromatic heterocycles. The summed E-state index contributed by atoms with van der Waals surface area (Å²) in [7, 11) is 0. The van der Waals surface area contributed by atoms with Gasteiger partial charge in [-0.15, -0.1) is 6.58 Å². The summed E-state index contributed by atoms with van der Waals surface area (Å²) in [4.78, 5) is 26.1. The summed E-state index contributed by atoms with van der Waals surface area (Å²) in [5, 5.41) is 0. The number of allylic oxidation sites excluding steroid dienone is 9. The van der Waals surface area contributed by atoms with Gasteiger partial charge in [-0.1, -0.05) is 72.4 Å². The molecule has 2 fully saturated rings. The van der Waals surface area contributed by atoms with E-state index < -0.39 is 12.2 Å². The zero-order valence-corrected chi connectivity index (χ0v) is 21.5. The van der Waals surface area contributed by atoms with Crippen LogP contribution < -0.4 is 0 Å². The summed E-state index contributed by atoms with van der Waals surface area (Å²) >= 11 is 0. The van der Waals surface area contributed by atoms with Crippen LogP contribution in [0.4, 0.5) is 0 Å². The van der Waals surface area contributed by atoms with Crippen LogP contribution in [0.25, 0.3) is 0 Å². The molecule has 3 aliphatic carbocycles. The number of ether oxygens (including phenoxy) is 2. The minimum absolute atomic E-state index is 0.136. The standard InChI is InChI=1S/C32H36O4/c1-6-8-9-11-14-21(4)31(33)35-30-27-19-26(29(30)36-32(34)23-15-12-10-13-16-23)25-18-24(17-20(3)7-2)22(5)28(25)27/h6-7,9-17,25-30H,1-2,8,18-19H2,3-5H3/b11-9-,20-17-,21-14+. The van der Waals surface area contributed by atoms with E-state index in [0.717, 1.165) is 24.8 Å². The lowest BCUT2D eigenvalue weighted by Crippen LogP contribution is -2.46. The summed E-state index contributed by atoms with van der Waals surface area (Å²) in [6.45, 7) is 13.6.